The lowest BCUT2D eigenvalue weighted by molar-refractivity contribution is -0.127. The molecule has 28 heavy (non-hydrogen) atoms. The van der Waals surface area contributed by atoms with Crippen LogP contribution in [0.4, 0.5) is 4.39 Å². The van der Waals surface area contributed by atoms with Crippen LogP contribution in [0.2, 0.25) is 5.02 Å². The Labute approximate surface area is 171 Å². The number of halogens is 2. The summed E-state index contributed by atoms with van der Waals surface area (Å²) in [4.78, 5) is 18.6. The van der Waals surface area contributed by atoms with Crippen molar-refractivity contribution < 1.29 is 9.18 Å². The predicted molar refractivity (Wildman–Crippen MR) is 109 cm³/mol. The van der Waals surface area contributed by atoms with Crippen LogP contribution in [0.1, 0.15) is 12.0 Å². The number of aromatic nitrogens is 2. The number of imidazole rings is 1. The molecule has 3 aromatic rings. The quantitative estimate of drug-likeness (QED) is 0.532. The number of nitrogens with zero attached hydrogens (tertiary/aromatic N) is 4. The number of hydrogen-bond acceptors (Lipinski definition) is 4. The monoisotopic (exact) mass is 416 g/mol. The third kappa shape index (κ3) is 4.46. The van der Waals surface area contributed by atoms with E-state index in [0.29, 0.717) is 28.7 Å². The van der Waals surface area contributed by atoms with Crippen molar-refractivity contribution in [2.75, 3.05) is 12.8 Å². The van der Waals surface area contributed by atoms with Crippen molar-refractivity contribution in [2.45, 2.75) is 24.7 Å². The van der Waals surface area contributed by atoms with E-state index in [1.807, 2.05) is 28.8 Å². The van der Waals surface area contributed by atoms with Crippen LogP contribution in [0.25, 0.3) is 11.0 Å². The van der Waals surface area contributed by atoms with Crippen LogP contribution in [0.5, 0.6) is 0 Å². The first kappa shape index (κ1) is 20.2. The normalized spacial score (nSPS) is 10.8. The Morgan fingerprint density at radius 2 is 2.11 bits per heavy atom. The molecule has 1 heterocycles. The van der Waals surface area contributed by atoms with Gasteiger partial charge in [-0.25, -0.2) is 9.37 Å². The highest BCUT2D eigenvalue weighted by Crippen LogP contribution is 2.25. The number of amides is 1. The summed E-state index contributed by atoms with van der Waals surface area (Å²) in [6.07, 6.45) is 0.355. The van der Waals surface area contributed by atoms with E-state index in [2.05, 4.69) is 11.1 Å². The van der Waals surface area contributed by atoms with Crippen molar-refractivity contribution in [1.82, 2.24) is 14.5 Å². The van der Waals surface area contributed by atoms with Crippen molar-refractivity contribution in [3.8, 4) is 6.07 Å². The van der Waals surface area contributed by atoms with Gasteiger partial charge in [-0.2, -0.15) is 5.26 Å². The van der Waals surface area contributed by atoms with E-state index in [0.717, 1.165) is 11.0 Å². The van der Waals surface area contributed by atoms with Crippen LogP contribution in [-0.4, -0.2) is 33.2 Å². The van der Waals surface area contributed by atoms with E-state index >= 15 is 0 Å². The second-order valence-electron chi connectivity index (χ2n) is 6.18. The molecule has 0 atom stereocenters. The highest BCUT2D eigenvalue weighted by molar-refractivity contribution is 7.99. The summed E-state index contributed by atoms with van der Waals surface area (Å²) in [6.45, 7) is 0.601. The molecule has 5 nitrogen and oxygen atoms in total. The molecule has 0 aliphatic heterocycles. The molecule has 144 valence electrons. The number of rotatable bonds is 7. The summed E-state index contributed by atoms with van der Waals surface area (Å²) in [5.41, 5.74) is 2.05. The third-order valence-corrected chi connectivity index (χ3v) is 5.59. The summed E-state index contributed by atoms with van der Waals surface area (Å²) in [6, 6.07) is 14.3. The van der Waals surface area contributed by atoms with Gasteiger partial charge in [0.15, 0.2) is 5.16 Å². The van der Waals surface area contributed by atoms with Crippen LogP contribution in [0, 0.1) is 17.1 Å². The first-order valence-electron chi connectivity index (χ1n) is 8.63. The van der Waals surface area contributed by atoms with E-state index in [1.165, 1.54) is 28.8 Å². The summed E-state index contributed by atoms with van der Waals surface area (Å²) >= 11 is 7.35. The number of nitriles is 1. The molecule has 0 saturated carbocycles. The smallest absolute Gasteiger partial charge is 0.233 e. The van der Waals surface area contributed by atoms with Gasteiger partial charge < -0.3 is 9.47 Å². The molecule has 3 rings (SSSR count). The third-order valence-electron chi connectivity index (χ3n) is 4.27. The molecule has 1 amide bonds. The molecule has 0 spiro atoms. The summed E-state index contributed by atoms with van der Waals surface area (Å²) in [5, 5.41) is 9.89. The van der Waals surface area contributed by atoms with Gasteiger partial charge >= 0.3 is 0 Å². The first-order chi connectivity index (χ1) is 13.5. The molecule has 1 aromatic heterocycles. The van der Waals surface area contributed by atoms with Crippen molar-refractivity contribution in [3.63, 3.8) is 0 Å². The van der Waals surface area contributed by atoms with Crippen molar-refractivity contribution in [1.29, 1.82) is 5.26 Å². The van der Waals surface area contributed by atoms with Gasteiger partial charge in [-0.05, 0) is 24.3 Å². The largest absolute Gasteiger partial charge is 0.341 e. The fraction of sp³-hybridized carbons (Fsp3) is 0.250. The van der Waals surface area contributed by atoms with Crippen LogP contribution < -0.4 is 0 Å². The van der Waals surface area contributed by atoms with E-state index in [4.69, 9.17) is 16.9 Å². The Balaban J connectivity index is 1.71. The minimum atomic E-state index is -0.432. The molecular weight excluding hydrogens is 399 g/mol. The van der Waals surface area contributed by atoms with Gasteiger partial charge in [0.05, 0.1) is 29.3 Å². The van der Waals surface area contributed by atoms with Gasteiger partial charge in [-0.1, -0.05) is 41.6 Å². The number of para-hydroxylation sites is 2. The van der Waals surface area contributed by atoms with E-state index < -0.39 is 5.82 Å². The van der Waals surface area contributed by atoms with Crippen LogP contribution in [-0.2, 0) is 17.9 Å². The molecule has 0 radical (unpaired) electrons. The molecule has 0 aliphatic carbocycles. The Morgan fingerprint density at radius 3 is 2.86 bits per heavy atom. The molecule has 0 unspecified atom stereocenters. The van der Waals surface area contributed by atoms with Crippen LogP contribution in [0.15, 0.2) is 47.6 Å². The van der Waals surface area contributed by atoms with Crippen LogP contribution >= 0.6 is 23.4 Å². The molecule has 2 aromatic carbocycles. The summed E-state index contributed by atoms with van der Waals surface area (Å²) < 4.78 is 15.9. The molecule has 0 N–H and O–H groups in total. The Bertz CT molecular complexity index is 1030. The van der Waals surface area contributed by atoms with E-state index in [1.54, 1.807) is 13.1 Å². The second kappa shape index (κ2) is 9.09. The number of fused-ring (bicyclic) bond motifs is 1. The van der Waals surface area contributed by atoms with Crippen LogP contribution in [0.3, 0.4) is 0 Å². The molecule has 8 heteroatoms. The maximum Gasteiger partial charge on any atom is 0.233 e. The lowest BCUT2D eigenvalue weighted by atomic mass is 10.2. The minimum Gasteiger partial charge on any atom is -0.341 e. The van der Waals surface area contributed by atoms with Gasteiger partial charge in [-0.15, -0.1) is 0 Å². The Kier molecular flexibility index (Phi) is 6.55. The molecule has 0 bridgehead atoms. The van der Waals surface area contributed by atoms with E-state index in [-0.39, 0.29) is 18.2 Å². The Hall–Kier alpha value is -2.56. The number of hydrogen-bond donors (Lipinski definition) is 0. The number of carbonyl (C=O) groups is 1. The average Bonchev–Trinajstić information content (AvgIpc) is 3.04. The molecule has 0 fully saturated rings. The maximum absolute atomic E-state index is 13.9. The SMILES string of the molecule is CN(Cc1c(F)cccc1Cl)C(=O)CSc1nc2ccccc2n1CCC#N. The zero-order valence-corrected chi connectivity index (χ0v) is 16.8. The van der Waals surface area contributed by atoms with Gasteiger partial charge in [0.25, 0.3) is 0 Å². The molecule has 0 aliphatic rings. The number of thioether (sulfide) groups is 1. The highest BCUT2D eigenvalue weighted by atomic mass is 35.5. The topological polar surface area (TPSA) is 61.9 Å². The van der Waals surface area contributed by atoms with Gasteiger partial charge in [0, 0.05) is 30.7 Å². The fourth-order valence-electron chi connectivity index (χ4n) is 2.79. The zero-order valence-electron chi connectivity index (χ0n) is 15.2. The lowest BCUT2D eigenvalue weighted by Crippen LogP contribution is -2.28. The zero-order chi connectivity index (χ0) is 20.1. The van der Waals surface area contributed by atoms with Gasteiger partial charge in [0.1, 0.15) is 5.82 Å². The molecule has 0 saturated heterocycles. The van der Waals surface area contributed by atoms with Gasteiger partial charge in [0.2, 0.25) is 5.91 Å². The fourth-order valence-corrected chi connectivity index (χ4v) is 3.99. The van der Waals surface area contributed by atoms with Gasteiger partial charge in [-0.3, -0.25) is 4.79 Å². The summed E-state index contributed by atoms with van der Waals surface area (Å²) in [5.74, 6) is -0.445. The second-order valence-corrected chi connectivity index (χ2v) is 7.53. The van der Waals surface area contributed by atoms with E-state index in [9.17, 15) is 9.18 Å². The van der Waals surface area contributed by atoms with Crippen molar-refractivity contribution in [2.24, 2.45) is 0 Å². The number of carbonyl (C=O) groups excluding carboxylic acids is 1. The summed E-state index contributed by atoms with van der Waals surface area (Å²) in [7, 11) is 1.62. The molecular formula is C20H18ClFN4OS. The Morgan fingerprint density at radius 1 is 1.32 bits per heavy atom. The van der Waals surface area contributed by atoms with Crippen molar-refractivity contribution >= 4 is 40.3 Å². The minimum absolute atomic E-state index is 0.0930. The standard InChI is InChI=1S/C20H18ClFN4OS/c1-25(12-14-15(21)6-4-7-16(14)22)19(27)13-28-20-24-17-8-2-3-9-18(17)26(20)11-5-10-23/h2-4,6-9H,5,11-13H2,1H3. The predicted octanol–water partition coefficient (Wildman–Crippen LogP) is 4.49. The first-order valence-corrected chi connectivity index (χ1v) is 9.99. The highest BCUT2D eigenvalue weighted by Gasteiger charge is 2.17. The number of aryl methyl sites for hydroxylation is 1. The maximum atomic E-state index is 13.9. The lowest BCUT2D eigenvalue weighted by Gasteiger charge is -2.18. The van der Waals surface area contributed by atoms with Crippen molar-refractivity contribution in [3.05, 3.63) is 58.9 Å². The average molecular weight is 417 g/mol. The number of benzene rings is 2.